The number of carbonyl (C=O) groups excluding carboxylic acids is 1. The summed E-state index contributed by atoms with van der Waals surface area (Å²) in [5.41, 5.74) is 0.581. The minimum Gasteiger partial charge on any atom is -0.330 e. The topological polar surface area (TPSA) is 63.4 Å². The van der Waals surface area contributed by atoms with Crippen LogP contribution in [0.1, 0.15) is 79.2 Å². The summed E-state index contributed by atoms with van der Waals surface area (Å²) in [7, 11) is 0. The summed E-state index contributed by atoms with van der Waals surface area (Å²) in [6, 6.07) is 5.65. The fourth-order valence-corrected chi connectivity index (χ4v) is 4.09. The summed E-state index contributed by atoms with van der Waals surface area (Å²) < 4.78 is 42.4. The normalized spacial score (nSPS) is 17.7. The number of piperidine rings is 1. The molecule has 170 valence electrons. The van der Waals surface area contributed by atoms with Crippen LogP contribution < -0.4 is 0 Å². The number of amides is 1. The highest BCUT2D eigenvalue weighted by atomic mass is 19.4. The average molecular weight is 445 g/mol. The number of aromatic nitrogens is 4. The van der Waals surface area contributed by atoms with Gasteiger partial charge >= 0.3 is 6.18 Å². The number of halogens is 3. The molecule has 0 aliphatic carbocycles. The van der Waals surface area contributed by atoms with Crippen molar-refractivity contribution in [2.45, 2.75) is 64.6 Å². The van der Waals surface area contributed by atoms with E-state index < -0.39 is 23.3 Å². The van der Waals surface area contributed by atoms with Crippen molar-refractivity contribution >= 4 is 11.6 Å². The van der Waals surface area contributed by atoms with Crippen LogP contribution in [-0.4, -0.2) is 36.9 Å². The van der Waals surface area contributed by atoms with Gasteiger partial charge in [-0.15, -0.1) is 0 Å². The molecule has 4 heterocycles. The first-order valence-corrected chi connectivity index (χ1v) is 10.7. The number of alkyl halides is 3. The molecule has 6 nitrogen and oxygen atoms in total. The molecule has 1 aliphatic heterocycles. The number of likely N-dealkylation sites (tertiary alicyclic amines) is 1. The Bertz CT molecular complexity index is 1160. The first-order chi connectivity index (χ1) is 15.0. The van der Waals surface area contributed by atoms with Crippen LogP contribution in [0.3, 0.4) is 0 Å². The second kappa shape index (κ2) is 7.86. The van der Waals surface area contributed by atoms with Gasteiger partial charge in [0.2, 0.25) is 0 Å². The highest BCUT2D eigenvalue weighted by Gasteiger charge is 2.38. The van der Waals surface area contributed by atoms with Gasteiger partial charge in [-0.05, 0) is 44.4 Å². The summed E-state index contributed by atoms with van der Waals surface area (Å²) >= 11 is 0. The van der Waals surface area contributed by atoms with Crippen LogP contribution in [0.25, 0.3) is 5.65 Å². The standard InChI is InChI=1S/C23H26F3N5O/c1-14-15(8-7-10-27-14)21(32)30-11-6-5-9-17(30)16-12-20-28-18(22(2,3)4)13-19(23(24,25)26)31(20)29-16/h7-8,10,12-13,17H,5-6,9,11H2,1-4H3/t17-/m0/s1. The van der Waals surface area contributed by atoms with E-state index in [-0.39, 0.29) is 11.6 Å². The second-order valence-electron chi connectivity index (χ2n) is 9.26. The van der Waals surface area contributed by atoms with Crippen molar-refractivity contribution in [3.8, 4) is 0 Å². The van der Waals surface area contributed by atoms with E-state index in [2.05, 4.69) is 15.1 Å². The lowest BCUT2D eigenvalue weighted by Gasteiger charge is -2.35. The Labute approximate surface area is 184 Å². The van der Waals surface area contributed by atoms with Gasteiger partial charge in [-0.1, -0.05) is 20.8 Å². The molecule has 0 bridgehead atoms. The van der Waals surface area contributed by atoms with E-state index in [1.165, 1.54) is 0 Å². The summed E-state index contributed by atoms with van der Waals surface area (Å²) in [5, 5.41) is 4.30. The average Bonchev–Trinajstić information content (AvgIpc) is 3.15. The largest absolute Gasteiger partial charge is 0.433 e. The second-order valence-corrected chi connectivity index (χ2v) is 9.26. The first kappa shape index (κ1) is 22.2. The quantitative estimate of drug-likeness (QED) is 0.550. The van der Waals surface area contributed by atoms with Gasteiger partial charge in [-0.3, -0.25) is 9.78 Å². The molecular weight excluding hydrogens is 419 g/mol. The van der Waals surface area contributed by atoms with Gasteiger partial charge in [0.1, 0.15) is 5.69 Å². The Kier molecular flexibility index (Phi) is 5.46. The van der Waals surface area contributed by atoms with E-state index >= 15 is 0 Å². The lowest BCUT2D eigenvalue weighted by atomic mass is 9.91. The molecule has 0 unspecified atom stereocenters. The maximum absolute atomic E-state index is 13.8. The number of nitrogens with zero attached hydrogens (tertiary/aromatic N) is 5. The smallest absolute Gasteiger partial charge is 0.330 e. The number of carbonyl (C=O) groups is 1. The summed E-state index contributed by atoms with van der Waals surface area (Å²) in [6.45, 7) is 7.74. The molecule has 0 saturated carbocycles. The van der Waals surface area contributed by atoms with Crippen molar-refractivity contribution in [2.75, 3.05) is 6.54 Å². The lowest BCUT2D eigenvalue weighted by molar-refractivity contribution is -0.142. The molecule has 0 radical (unpaired) electrons. The van der Waals surface area contributed by atoms with Gasteiger partial charge in [-0.25, -0.2) is 9.50 Å². The lowest BCUT2D eigenvalue weighted by Crippen LogP contribution is -2.39. The van der Waals surface area contributed by atoms with Crippen LogP contribution in [0.2, 0.25) is 0 Å². The van der Waals surface area contributed by atoms with Crippen LogP contribution in [0.5, 0.6) is 0 Å². The SMILES string of the molecule is Cc1ncccc1C(=O)N1CCCC[C@H]1c1cc2nc(C(C)(C)C)cc(C(F)(F)F)n2n1. The van der Waals surface area contributed by atoms with Gasteiger partial charge in [-0.2, -0.15) is 18.3 Å². The molecule has 4 rings (SSSR count). The molecule has 32 heavy (non-hydrogen) atoms. The molecule has 3 aromatic heterocycles. The Hall–Kier alpha value is -2.97. The number of rotatable bonds is 2. The monoisotopic (exact) mass is 445 g/mol. The molecule has 1 aliphatic rings. The Morgan fingerprint density at radius 3 is 2.56 bits per heavy atom. The molecule has 0 spiro atoms. The minimum absolute atomic E-state index is 0.135. The van der Waals surface area contributed by atoms with E-state index in [0.717, 1.165) is 23.4 Å². The van der Waals surface area contributed by atoms with Gasteiger partial charge in [0.15, 0.2) is 5.65 Å². The molecule has 0 aromatic carbocycles. The van der Waals surface area contributed by atoms with Crippen LogP contribution in [0.4, 0.5) is 13.2 Å². The maximum Gasteiger partial charge on any atom is 0.433 e. The zero-order chi connectivity index (χ0) is 23.3. The van der Waals surface area contributed by atoms with Gasteiger partial charge in [0.25, 0.3) is 5.91 Å². The summed E-state index contributed by atoms with van der Waals surface area (Å²) in [4.78, 5) is 23.7. The van der Waals surface area contributed by atoms with Crippen molar-refractivity contribution in [1.82, 2.24) is 24.5 Å². The highest BCUT2D eigenvalue weighted by Crippen LogP contribution is 2.36. The molecule has 0 N–H and O–H groups in total. The number of hydrogen-bond acceptors (Lipinski definition) is 4. The number of fused-ring (bicyclic) bond motifs is 1. The van der Waals surface area contributed by atoms with Crippen molar-refractivity contribution in [1.29, 1.82) is 0 Å². The van der Waals surface area contributed by atoms with Crippen molar-refractivity contribution in [2.24, 2.45) is 0 Å². The van der Waals surface area contributed by atoms with Crippen LogP contribution >= 0.6 is 0 Å². The summed E-state index contributed by atoms with van der Waals surface area (Å²) in [6.07, 6.45) is -0.642. The van der Waals surface area contributed by atoms with Gasteiger partial charge in [0.05, 0.1) is 23.0 Å². The van der Waals surface area contributed by atoms with E-state index in [1.54, 1.807) is 36.2 Å². The van der Waals surface area contributed by atoms with Gasteiger partial charge < -0.3 is 4.90 Å². The predicted molar refractivity (Wildman–Crippen MR) is 113 cm³/mol. The van der Waals surface area contributed by atoms with Crippen LogP contribution in [-0.2, 0) is 11.6 Å². The summed E-state index contributed by atoms with van der Waals surface area (Å²) in [5.74, 6) is -0.184. The highest BCUT2D eigenvalue weighted by molar-refractivity contribution is 5.95. The molecule has 9 heteroatoms. The zero-order valence-electron chi connectivity index (χ0n) is 18.6. The van der Waals surface area contributed by atoms with E-state index in [4.69, 9.17) is 0 Å². The zero-order valence-corrected chi connectivity index (χ0v) is 18.6. The third kappa shape index (κ3) is 4.08. The fourth-order valence-electron chi connectivity index (χ4n) is 4.09. The molecule has 1 fully saturated rings. The Morgan fingerprint density at radius 2 is 1.91 bits per heavy atom. The predicted octanol–water partition coefficient (Wildman–Crippen LogP) is 5.12. The van der Waals surface area contributed by atoms with E-state index in [0.29, 0.717) is 35.6 Å². The number of aryl methyl sites for hydroxylation is 1. The van der Waals surface area contributed by atoms with E-state index in [1.807, 2.05) is 20.8 Å². The third-order valence-corrected chi connectivity index (χ3v) is 5.85. The van der Waals surface area contributed by atoms with Crippen LogP contribution in [0.15, 0.2) is 30.5 Å². The Morgan fingerprint density at radius 1 is 1.16 bits per heavy atom. The Balaban J connectivity index is 1.81. The van der Waals surface area contributed by atoms with Crippen molar-refractivity contribution < 1.29 is 18.0 Å². The maximum atomic E-state index is 13.8. The van der Waals surface area contributed by atoms with Crippen LogP contribution in [0, 0.1) is 6.92 Å². The molecular formula is C23H26F3N5O. The third-order valence-electron chi connectivity index (χ3n) is 5.85. The van der Waals surface area contributed by atoms with E-state index in [9.17, 15) is 18.0 Å². The first-order valence-electron chi connectivity index (χ1n) is 10.7. The molecule has 3 aromatic rings. The van der Waals surface area contributed by atoms with Crippen molar-refractivity contribution in [3.63, 3.8) is 0 Å². The fraction of sp³-hybridized carbons (Fsp3) is 0.478. The molecule has 1 amide bonds. The number of hydrogen-bond donors (Lipinski definition) is 0. The van der Waals surface area contributed by atoms with Crippen molar-refractivity contribution in [3.05, 3.63) is 58.8 Å². The molecule has 1 saturated heterocycles. The van der Waals surface area contributed by atoms with Gasteiger partial charge in [0, 0.05) is 29.9 Å². The number of pyridine rings is 1. The molecule has 1 atom stereocenters. The minimum atomic E-state index is -4.58.